The number of phenolic OH excluding ortho intramolecular Hbond substituents is 1. The second kappa shape index (κ2) is 6.23. The third-order valence-electron chi connectivity index (χ3n) is 3.35. The fraction of sp³-hybridized carbons (Fsp3) is 0.0588. The molecule has 0 bridgehead atoms. The van der Waals surface area contributed by atoms with Gasteiger partial charge in [0.15, 0.2) is 0 Å². The fourth-order valence-corrected chi connectivity index (χ4v) is 2.14. The van der Waals surface area contributed by atoms with Gasteiger partial charge < -0.3 is 15.2 Å². The number of ether oxygens (including phenoxy) is 1. The molecule has 0 saturated heterocycles. The molecule has 0 fully saturated rings. The number of methoxy groups -OCH3 is 1. The number of amides is 1. The number of nitrogens with one attached hydrogen (secondary N) is 2. The molecular weight excluding hydrogens is 294 g/mol. The Hall–Kier alpha value is -3.28. The highest BCUT2D eigenvalue weighted by atomic mass is 16.5. The van der Waals surface area contributed by atoms with E-state index in [0.29, 0.717) is 28.4 Å². The van der Waals surface area contributed by atoms with Gasteiger partial charge in [-0.25, -0.2) is 0 Å². The topological polar surface area (TPSA) is 87.2 Å². The molecule has 0 spiro atoms. The molecule has 1 aromatic heterocycles. The molecule has 0 aliphatic carbocycles. The predicted molar refractivity (Wildman–Crippen MR) is 86.6 cm³/mol. The lowest BCUT2D eigenvalue weighted by Crippen LogP contribution is -2.12. The number of hydrogen-bond donors (Lipinski definition) is 3. The molecule has 0 aliphatic heterocycles. The summed E-state index contributed by atoms with van der Waals surface area (Å²) in [6, 6.07) is 15.4. The average molecular weight is 309 g/mol. The van der Waals surface area contributed by atoms with Gasteiger partial charge in [-0.3, -0.25) is 9.89 Å². The van der Waals surface area contributed by atoms with Crippen LogP contribution in [0, 0.1) is 0 Å². The van der Waals surface area contributed by atoms with Crippen LogP contribution >= 0.6 is 0 Å². The van der Waals surface area contributed by atoms with E-state index in [-0.39, 0.29) is 11.7 Å². The minimum atomic E-state index is -0.315. The summed E-state index contributed by atoms with van der Waals surface area (Å²) < 4.78 is 5.07. The molecule has 0 aliphatic rings. The Kier molecular flexibility index (Phi) is 3.97. The second-order valence-corrected chi connectivity index (χ2v) is 4.87. The first-order valence-corrected chi connectivity index (χ1v) is 6.96. The first kappa shape index (κ1) is 14.6. The zero-order valence-electron chi connectivity index (χ0n) is 12.4. The van der Waals surface area contributed by atoms with Gasteiger partial charge in [0.1, 0.15) is 17.2 Å². The Morgan fingerprint density at radius 2 is 1.91 bits per heavy atom. The smallest absolute Gasteiger partial charge is 0.273 e. The lowest BCUT2D eigenvalue weighted by atomic mass is 10.1. The maximum Gasteiger partial charge on any atom is 0.273 e. The van der Waals surface area contributed by atoms with Gasteiger partial charge in [-0.2, -0.15) is 5.10 Å². The van der Waals surface area contributed by atoms with Crippen LogP contribution in [0.1, 0.15) is 10.5 Å². The number of anilines is 1. The molecule has 0 radical (unpaired) electrons. The maximum absolute atomic E-state index is 12.2. The lowest BCUT2D eigenvalue weighted by Gasteiger charge is -2.04. The first-order valence-electron chi connectivity index (χ1n) is 6.96. The van der Waals surface area contributed by atoms with Crippen LogP contribution in [-0.2, 0) is 0 Å². The summed E-state index contributed by atoms with van der Waals surface area (Å²) in [5.74, 6) is 0.511. The van der Waals surface area contributed by atoms with Gasteiger partial charge in [0.25, 0.3) is 5.91 Å². The van der Waals surface area contributed by atoms with Crippen molar-refractivity contribution in [1.82, 2.24) is 10.2 Å². The molecule has 0 saturated carbocycles. The zero-order valence-corrected chi connectivity index (χ0v) is 12.4. The van der Waals surface area contributed by atoms with Crippen molar-refractivity contribution in [3.8, 4) is 22.8 Å². The number of aromatic amines is 1. The molecule has 3 N–H and O–H groups in total. The van der Waals surface area contributed by atoms with E-state index >= 15 is 0 Å². The van der Waals surface area contributed by atoms with Crippen molar-refractivity contribution in [3.63, 3.8) is 0 Å². The summed E-state index contributed by atoms with van der Waals surface area (Å²) in [7, 11) is 1.58. The summed E-state index contributed by atoms with van der Waals surface area (Å²) in [4.78, 5) is 12.2. The summed E-state index contributed by atoms with van der Waals surface area (Å²) >= 11 is 0. The molecule has 3 aromatic rings. The van der Waals surface area contributed by atoms with Crippen molar-refractivity contribution >= 4 is 11.6 Å². The Balaban J connectivity index is 1.77. The van der Waals surface area contributed by atoms with E-state index in [1.807, 2.05) is 0 Å². The Bertz CT molecular complexity index is 825. The number of carbonyl (C=O) groups excluding carboxylic acids is 1. The van der Waals surface area contributed by atoms with Crippen molar-refractivity contribution in [2.75, 3.05) is 12.4 Å². The van der Waals surface area contributed by atoms with Gasteiger partial charge in [0.05, 0.1) is 12.8 Å². The molecular formula is C17H15N3O3. The molecule has 1 heterocycles. The van der Waals surface area contributed by atoms with Gasteiger partial charge in [-0.05, 0) is 42.5 Å². The first-order chi connectivity index (χ1) is 11.2. The third-order valence-corrected chi connectivity index (χ3v) is 3.35. The number of phenols is 1. The highest BCUT2D eigenvalue weighted by molar-refractivity contribution is 6.03. The van der Waals surface area contributed by atoms with Crippen LogP contribution < -0.4 is 10.1 Å². The van der Waals surface area contributed by atoms with Gasteiger partial charge in [0, 0.05) is 11.3 Å². The summed E-state index contributed by atoms with van der Waals surface area (Å²) in [6.45, 7) is 0. The summed E-state index contributed by atoms with van der Waals surface area (Å²) in [5.41, 5.74) is 2.02. The Morgan fingerprint density at radius 3 is 2.61 bits per heavy atom. The number of para-hydroxylation sites is 1. The van der Waals surface area contributed by atoms with Crippen molar-refractivity contribution in [1.29, 1.82) is 0 Å². The van der Waals surface area contributed by atoms with Crippen molar-refractivity contribution < 1.29 is 14.6 Å². The van der Waals surface area contributed by atoms with Crippen LogP contribution in [0.15, 0.2) is 54.6 Å². The van der Waals surface area contributed by atoms with E-state index in [9.17, 15) is 9.90 Å². The molecule has 3 rings (SSSR count). The molecule has 23 heavy (non-hydrogen) atoms. The zero-order chi connectivity index (χ0) is 16.2. The molecule has 116 valence electrons. The van der Waals surface area contributed by atoms with Crippen molar-refractivity contribution in [3.05, 3.63) is 60.3 Å². The maximum atomic E-state index is 12.2. The monoisotopic (exact) mass is 309 g/mol. The average Bonchev–Trinajstić information content (AvgIpc) is 3.06. The molecule has 0 unspecified atom stereocenters. The number of rotatable bonds is 4. The van der Waals surface area contributed by atoms with Crippen LogP contribution in [0.25, 0.3) is 11.3 Å². The van der Waals surface area contributed by atoms with E-state index in [1.54, 1.807) is 61.7 Å². The number of hydrogen-bond acceptors (Lipinski definition) is 4. The largest absolute Gasteiger partial charge is 0.507 e. The van der Waals surface area contributed by atoms with E-state index in [2.05, 4.69) is 15.5 Å². The van der Waals surface area contributed by atoms with Crippen LogP contribution in [-0.4, -0.2) is 28.3 Å². The lowest BCUT2D eigenvalue weighted by molar-refractivity contribution is 0.102. The minimum absolute atomic E-state index is 0.112. The molecule has 6 heteroatoms. The molecule has 1 amide bonds. The van der Waals surface area contributed by atoms with Crippen LogP contribution in [0.3, 0.4) is 0 Å². The number of aromatic hydroxyl groups is 1. The van der Waals surface area contributed by atoms with Crippen LogP contribution in [0.5, 0.6) is 11.5 Å². The van der Waals surface area contributed by atoms with Gasteiger partial charge in [0.2, 0.25) is 0 Å². The van der Waals surface area contributed by atoms with Gasteiger partial charge >= 0.3 is 0 Å². The number of carbonyl (C=O) groups is 1. The summed E-state index contributed by atoms with van der Waals surface area (Å²) in [5, 5.41) is 19.3. The SMILES string of the molecule is COc1ccc(NC(=O)c2cc(-c3ccccc3O)n[nH]2)cc1. The van der Waals surface area contributed by atoms with E-state index in [1.165, 1.54) is 0 Å². The van der Waals surface area contributed by atoms with Gasteiger partial charge in [-0.1, -0.05) is 12.1 Å². The Morgan fingerprint density at radius 1 is 1.17 bits per heavy atom. The molecule has 6 nitrogen and oxygen atoms in total. The Labute approximate surface area is 132 Å². The van der Waals surface area contributed by atoms with Crippen molar-refractivity contribution in [2.24, 2.45) is 0 Å². The van der Waals surface area contributed by atoms with E-state index in [0.717, 1.165) is 0 Å². The fourth-order valence-electron chi connectivity index (χ4n) is 2.14. The highest BCUT2D eigenvalue weighted by Gasteiger charge is 2.13. The third kappa shape index (κ3) is 3.16. The quantitative estimate of drug-likeness (QED) is 0.691. The number of nitrogens with zero attached hydrogens (tertiary/aromatic N) is 1. The van der Waals surface area contributed by atoms with Crippen LogP contribution in [0.4, 0.5) is 5.69 Å². The van der Waals surface area contributed by atoms with E-state index in [4.69, 9.17) is 4.74 Å². The standard InChI is InChI=1S/C17H15N3O3/c1-23-12-8-6-11(7-9-12)18-17(22)15-10-14(19-20-15)13-4-2-3-5-16(13)21/h2-10,21H,1H3,(H,18,22)(H,19,20). The number of aromatic nitrogens is 2. The second-order valence-electron chi connectivity index (χ2n) is 4.87. The minimum Gasteiger partial charge on any atom is -0.507 e. The van der Waals surface area contributed by atoms with E-state index < -0.39 is 0 Å². The van der Waals surface area contributed by atoms with Gasteiger partial charge in [-0.15, -0.1) is 0 Å². The van der Waals surface area contributed by atoms with Crippen molar-refractivity contribution in [2.45, 2.75) is 0 Å². The summed E-state index contributed by atoms with van der Waals surface area (Å²) in [6.07, 6.45) is 0. The normalized spacial score (nSPS) is 10.3. The number of benzene rings is 2. The predicted octanol–water partition coefficient (Wildman–Crippen LogP) is 3.04. The van der Waals surface area contributed by atoms with Crippen LogP contribution in [0.2, 0.25) is 0 Å². The molecule has 2 aromatic carbocycles. The molecule has 0 atom stereocenters. The highest BCUT2D eigenvalue weighted by Crippen LogP contribution is 2.27. The number of H-pyrrole nitrogens is 1.